The molecule has 0 fully saturated rings. The van der Waals surface area contributed by atoms with E-state index >= 15 is 0 Å². The van der Waals surface area contributed by atoms with Crippen LogP contribution in [0.25, 0.3) is 0 Å². The molecule has 0 aliphatic rings. The van der Waals surface area contributed by atoms with Crippen LogP contribution < -0.4 is 15.4 Å². The minimum absolute atomic E-state index is 0.0325. The van der Waals surface area contributed by atoms with E-state index in [1.54, 1.807) is 0 Å². The molecular formula is C16H12F6N2O2S. The summed E-state index contributed by atoms with van der Waals surface area (Å²) in [4.78, 5) is 11.8. The Morgan fingerprint density at radius 2 is 1.67 bits per heavy atom. The fourth-order valence-electron chi connectivity index (χ4n) is 1.95. The van der Waals surface area contributed by atoms with Gasteiger partial charge in [-0.25, -0.2) is 4.79 Å². The van der Waals surface area contributed by atoms with Crippen LogP contribution in [0.2, 0.25) is 0 Å². The Labute approximate surface area is 153 Å². The van der Waals surface area contributed by atoms with E-state index in [4.69, 9.17) is 0 Å². The second kappa shape index (κ2) is 8.42. The topological polar surface area (TPSA) is 50.4 Å². The van der Waals surface area contributed by atoms with Crippen LogP contribution in [0.1, 0.15) is 5.56 Å². The van der Waals surface area contributed by atoms with Crippen LogP contribution in [0.3, 0.4) is 0 Å². The molecule has 0 aliphatic heterocycles. The van der Waals surface area contributed by atoms with Gasteiger partial charge in [-0.1, -0.05) is 12.1 Å². The Morgan fingerprint density at radius 1 is 1.00 bits per heavy atom. The van der Waals surface area contributed by atoms with Crippen molar-refractivity contribution in [3.8, 4) is 5.75 Å². The zero-order valence-corrected chi connectivity index (χ0v) is 14.1. The van der Waals surface area contributed by atoms with Crippen molar-refractivity contribution in [3.63, 3.8) is 0 Å². The number of alkyl halides is 6. The van der Waals surface area contributed by atoms with Gasteiger partial charge in [0.1, 0.15) is 5.75 Å². The number of benzene rings is 2. The lowest BCUT2D eigenvalue weighted by Gasteiger charge is -2.11. The van der Waals surface area contributed by atoms with Crippen LogP contribution >= 0.6 is 11.8 Å². The molecule has 2 N–H and O–H groups in total. The molecule has 146 valence electrons. The van der Waals surface area contributed by atoms with Crippen LogP contribution in [0.4, 0.5) is 36.8 Å². The van der Waals surface area contributed by atoms with Crippen molar-refractivity contribution < 1.29 is 35.9 Å². The molecule has 2 rings (SSSR count). The van der Waals surface area contributed by atoms with Crippen molar-refractivity contribution in [3.05, 3.63) is 54.1 Å². The molecule has 0 spiro atoms. The van der Waals surface area contributed by atoms with E-state index in [1.165, 1.54) is 36.4 Å². The summed E-state index contributed by atoms with van der Waals surface area (Å²) in [5.41, 5.74) is -3.78. The molecule has 0 aromatic heterocycles. The fraction of sp³-hybridized carbons (Fsp3) is 0.188. The number of nitrogens with one attached hydrogen (secondary N) is 2. The molecule has 2 aromatic carbocycles. The van der Waals surface area contributed by atoms with Crippen LogP contribution in [0.5, 0.6) is 5.75 Å². The predicted octanol–water partition coefficient (Wildman–Crippen LogP) is 5.52. The van der Waals surface area contributed by atoms with Gasteiger partial charge in [-0.15, -0.1) is 13.2 Å². The van der Waals surface area contributed by atoms with Crippen LogP contribution in [0, 0.1) is 0 Å². The zero-order chi connectivity index (χ0) is 20.1. The SMILES string of the molecule is O=C(NCc1cccc(OC(F)(F)F)c1)Nc1ccc(SC(F)(F)F)cc1. The van der Waals surface area contributed by atoms with E-state index in [-0.39, 0.29) is 28.9 Å². The third-order valence-corrected chi connectivity index (χ3v) is 3.67. The van der Waals surface area contributed by atoms with Gasteiger partial charge in [0.05, 0.1) is 0 Å². The summed E-state index contributed by atoms with van der Waals surface area (Å²) >= 11 is -0.279. The third-order valence-electron chi connectivity index (χ3n) is 2.93. The average Bonchev–Trinajstić information content (AvgIpc) is 2.52. The lowest BCUT2D eigenvalue weighted by molar-refractivity contribution is -0.274. The Kier molecular flexibility index (Phi) is 6.47. The Bertz CT molecular complexity index is 778. The second-order valence-corrected chi connectivity index (χ2v) is 6.21. The number of hydrogen-bond donors (Lipinski definition) is 2. The van der Waals surface area contributed by atoms with E-state index in [1.807, 2.05) is 0 Å². The number of thioether (sulfide) groups is 1. The molecule has 0 heterocycles. The zero-order valence-electron chi connectivity index (χ0n) is 13.3. The number of urea groups is 1. The molecule has 2 amide bonds. The summed E-state index contributed by atoms with van der Waals surface area (Å²) in [7, 11) is 0. The largest absolute Gasteiger partial charge is 0.573 e. The molecule has 0 aliphatic carbocycles. The minimum atomic E-state index is -4.82. The first kappa shape index (κ1) is 20.7. The summed E-state index contributed by atoms with van der Waals surface area (Å²) in [5, 5.41) is 4.82. The van der Waals surface area contributed by atoms with Crippen molar-refractivity contribution in [2.24, 2.45) is 0 Å². The summed E-state index contributed by atoms with van der Waals surface area (Å²) < 4.78 is 77.1. The van der Waals surface area contributed by atoms with Gasteiger partial charge < -0.3 is 15.4 Å². The summed E-state index contributed by atoms with van der Waals surface area (Å²) in [5.74, 6) is -0.417. The quantitative estimate of drug-likeness (QED) is 0.504. The van der Waals surface area contributed by atoms with Gasteiger partial charge in [0.2, 0.25) is 0 Å². The molecule has 4 nitrogen and oxygen atoms in total. The standard InChI is InChI=1S/C16H12F6N2O2S/c17-15(18,19)26-12-3-1-2-10(8-12)9-23-14(25)24-11-4-6-13(7-5-11)27-16(20,21)22/h1-8H,9H2,(H2,23,24,25). The van der Waals surface area contributed by atoms with E-state index in [9.17, 15) is 31.1 Å². The lowest BCUT2D eigenvalue weighted by Crippen LogP contribution is -2.28. The van der Waals surface area contributed by atoms with Gasteiger partial charge >= 0.3 is 17.9 Å². The van der Waals surface area contributed by atoms with Crippen molar-refractivity contribution in [2.75, 3.05) is 5.32 Å². The molecule has 11 heteroatoms. The van der Waals surface area contributed by atoms with Crippen molar-refractivity contribution in [1.29, 1.82) is 0 Å². The maximum Gasteiger partial charge on any atom is 0.573 e. The monoisotopic (exact) mass is 410 g/mol. The molecule has 0 radical (unpaired) electrons. The highest BCUT2D eigenvalue weighted by Gasteiger charge is 2.31. The maximum atomic E-state index is 12.2. The smallest absolute Gasteiger partial charge is 0.406 e. The molecule has 0 atom stereocenters. The molecule has 0 saturated carbocycles. The fourth-order valence-corrected chi connectivity index (χ4v) is 2.49. The lowest BCUT2D eigenvalue weighted by atomic mass is 10.2. The van der Waals surface area contributed by atoms with Gasteiger partial charge in [-0.05, 0) is 53.7 Å². The second-order valence-electron chi connectivity index (χ2n) is 5.08. The van der Waals surface area contributed by atoms with E-state index < -0.39 is 23.7 Å². The number of amides is 2. The normalized spacial score (nSPS) is 11.8. The highest BCUT2D eigenvalue weighted by molar-refractivity contribution is 8.00. The molecule has 0 bridgehead atoms. The van der Waals surface area contributed by atoms with Gasteiger partial charge in [-0.2, -0.15) is 13.2 Å². The van der Waals surface area contributed by atoms with E-state index in [2.05, 4.69) is 15.4 Å². The number of carbonyl (C=O) groups is 1. The van der Waals surface area contributed by atoms with Crippen LogP contribution in [0.15, 0.2) is 53.4 Å². The van der Waals surface area contributed by atoms with Crippen molar-refractivity contribution in [2.45, 2.75) is 23.3 Å². The average molecular weight is 410 g/mol. The minimum Gasteiger partial charge on any atom is -0.406 e. The summed E-state index contributed by atoms with van der Waals surface area (Å²) in [6.07, 6.45) is -4.82. The predicted molar refractivity (Wildman–Crippen MR) is 87.3 cm³/mol. The Morgan fingerprint density at radius 3 is 2.26 bits per heavy atom. The van der Waals surface area contributed by atoms with Gasteiger partial charge in [0.25, 0.3) is 0 Å². The first-order chi connectivity index (χ1) is 12.5. The van der Waals surface area contributed by atoms with Crippen molar-refractivity contribution >= 4 is 23.5 Å². The number of anilines is 1. The molecule has 27 heavy (non-hydrogen) atoms. The van der Waals surface area contributed by atoms with Crippen molar-refractivity contribution in [1.82, 2.24) is 5.32 Å². The molecular weight excluding hydrogens is 398 g/mol. The van der Waals surface area contributed by atoms with Crippen LogP contribution in [-0.2, 0) is 6.54 Å². The number of rotatable bonds is 5. The van der Waals surface area contributed by atoms with E-state index in [0.717, 1.165) is 12.1 Å². The van der Waals surface area contributed by atoms with Gasteiger partial charge in [0, 0.05) is 17.1 Å². The number of halogens is 6. The number of ether oxygens (including phenoxy) is 1. The summed E-state index contributed by atoms with van der Waals surface area (Å²) in [6, 6.07) is 9.40. The maximum absolute atomic E-state index is 12.2. The Hall–Kier alpha value is -2.56. The van der Waals surface area contributed by atoms with Crippen LogP contribution in [-0.4, -0.2) is 17.9 Å². The summed E-state index contributed by atoms with van der Waals surface area (Å²) in [6.45, 7) is -0.0805. The number of carbonyl (C=O) groups excluding carboxylic acids is 1. The Balaban J connectivity index is 1.87. The highest BCUT2D eigenvalue weighted by Crippen LogP contribution is 2.37. The first-order valence-electron chi connectivity index (χ1n) is 7.25. The van der Waals surface area contributed by atoms with Gasteiger partial charge in [-0.3, -0.25) is 0 Å². The number of hydrogen-bond acceptors (Lipinski definition) is 3. The van der Waals surface area contributed by atoms with E-state index in [0.29, 0.717) is 5.56 Å². The van der Waals surface area contributed by atoms with Gasteiger partial charge in [0.15, 0.2) is 0 Å². The molecule has 0 unspecified atom stereocenters. The molecule has 0 saturated heterocycles. The third kappa shape index (κ3) is 8.11. The highest BCUT2D eigenvalue weighted by atomic mass is 32.2. The first-order valence-corrected chi connectivity index (χ1v) is 8.07. The molecule has 2 aromatic rings.